The van der Waals surface area contributed by atoms with Crippen molar-refractivity contribution in [3.63, 3.8) is 0 Å². The Bertz CT molecular complexity index is 373. The van der Waals surface area contributed by atoms with Gasteiger partial charge in [0.2, 0.25) is 5.91 Å². The number of amides is 1. The zero-order valence-electron chi connectivity index (χ0n) is 7.66. The van der Waals surface area contributed by atoms with E-state index in [1.807, 2.05) is 0 Å². The van der Waals surface area contributed by atoms with Crippen LogP contribution in [0.2, 0.25) is 0 Å². The molecule has 0 bridgehead atoms. The van der Waals surface area contributed by atoms with Crippen molar-refractivity contribution in [2.75, 3.05) is 0 Å². The first-order valence-electron chi connectivity index (χ1n) is 3.81. The van der Waals surface area contributed by atoms with Gasteiger partial charge in [0.15, 0.2) is 5.25 Å². The molecule has 1 amide bonds. The number of nitrogens with two attached hydrogens (primary N) is 1. The van der Waals surface area contributed by atoms with Gasteiger partial charge in [0.25, 0.3) is 10.1 Å². The van der Waals surface area contributed by atoms with Gasteiger partial charge in [-0.05, 0) is 6.42 Å². The second kappa shape index (κ2) is 4.89. The highest BCUT2D eigenvalue weighted by molar-refractivity contribution is 7.87. The molecular formula is C7H11NO6S. The van der Waals surface area contributed by atoms with Crippen LogP contribution in [0.15, 0.2) is 12.7 Å². The summed E-state index contributed by atoms with van der Waals surface area (Å²) in [4.78, 5) is 21.4. The van der Waals surface area contributed by atoms with Crippen molar-refractivity contribution in [2.45, 2.75) is 11.7 Å². The Labute approximate surface area is 86.3 Å². The van der Waals surface area contributed by atoms with Crippen molar-refractivity contribution in [1.82, 2.24) is 0 Å². The molecule has 8 heteroatoms. The van der Waals surface area contributed by atoms with E-state index >= 15 is 0 Å². The van der Waals surface area contributed by atoms with Crippen LogP contribution in [0, 0.1) is 5.92 Å². The zero-order valence-corrected chi connectivity index (χ0v) is 8.48. The fourth-order valence-electron chi connectivity index (χ4n) is 1.08. The molecule has 2 unspecified atom stereocenters. The van der Waals surface area contributed by atoms with E-state index < -0.39 is 33.2 Å². The molecule has 0 saturated heterocycles. The van der Waals surface area contributed by atoms with Gasteiger partial charge in [-0.25, -0.2) is 0 Å². The molecule has 0 heterocycles. The van der Waals surface area contributed by atoms with Gasteiger partial charge in [-0.15, -0.1) is 6.58 Å². The summed E-state index contributed by atoms with van der Waals surface area (Å²) in [6, 6.07) is 0. The summed E-state index contributed by atoms with van der Waals surface area (Å²) in [7, 11) is -4.88. The number of carbonyl (C=O) groups is 2. The first-order chi connectivity index (χ1) is 6.71. The Morgan fingerprint density at radius 2 is 1.93 bits per heavy atom. The van der Waals surface area contributed by atoms with Gasteiger partial charge in [-0.2, -0.15) is 8.42 Å². The van der Waals surface area contributed by atoms with Crippen molar-refractivity contribution in [3.8, 4) is 0 Å². The standard InChI is InChI=1S/C7H11NO6S/c1-2-3-4(6(8)9)5(7(10)11)15(12,13)14/h2,4-5H,1,3H2,(H2,8,9)(H,10,11)(H,12,13,14). The fourth-order valence-corrected chi connectivity index (χ4v) is 1.99. The Hall–Kier alpha value is -1.41. The van der Waals surface area contributed by atoms with Gasteiger partial charge in [0.1, 0.15) is 0 Å². The molecule has 0 aromatic heterocycles. The molecule has 0 spiro atoms. The summed E-state index contributed by atoms with van der Waals surface area (Å²) < 4.78 is 30.1. The molecule has 0 aliphatic rings. The highest BCUT2D eigenvalue weighted by Gasteiger charge is 2.41. The van der Waals surface area contributed by atoms with Crippen molar-refractivity contribution in [3.05, 3.63) is 12.7 Å². The second-order valence-electron chi connectivity index (χ2n) is 2.81. The largest absolute Gasteiger partial charge is 0.480 e. The summed E-state index contributed by atoms with van der Waals surface area (Å²) in [5.74, 6) is -4.49. The number of allylic oxidation sites excluding steroid dienone is 1. The Morgan fingerprint density at radius 1 is 1.47 bits per heavy atom. The molecule has 0 aliphatic carbocycles. The van der Waals surface area contributed by atoms with Gasteiger partial charge in [-0.1, -0.05) is 6.08 Å². The maximum atomic E-state index is 10.8. The van der Waals surface area contributed by atoms with E-state index in [0.717, 1.165) is 6.08 Å². The van der Waals surface area contributed by atoms with Crippen molar-refractivity contribution in [2.24, 2.45) is 11.7 Å². The maximum Gasteiger partial charge on any atom is 0.325 e. The number of carbonyl (C=O) groups excluding carboxylic acids is 1. The summed E-state index contributed by atoms with van der Waals surface area (Å²) >= 11 is 0. The molecule has 4 N–H and O–H groups in total. The number of aliphatic carboxylic acids is 1. The monoisotopic (exact) mass is 237 g/mol. The van der Waals surface area contributed by atoms with Crippen LogP contribution in [0.4, 0.5) is 0 Å². The lowest BCUT2D eigenvalue weighted by atomic mass is 10.0. The van der Waals surface area contributed by atoms with Crippen LogP contribution in [-0.4, -0.2) is 35.2 Å². The highest BCUT2D eigenvalue weighted by atomic mass is 32.2. The molecule has 86 valence electrons. The number of carboxylic acids is 1. The SMILES string of the molecule is C=CCC(C(N)=O)C(C(=O)O)S(=O)(=O)O. The highest BCUT2D eigenvalue weighted by Crippen LogP contribution is 2.16. The third kappa shape index (κ3) is 3.68. The molecule has 2 atom stereocenters. The minimum atomic E-state index is -4.88. The average molecular weight is 237 g/mol. The lowest BCUT2D eigenvalue weighted by molar-refractivity contribution is -0.140. The van der Waals surface area contributed by atoms with Gasteiger partial charge in [0.05, 0.1) is 5.92 Å². The quantitative estimate of drug-likeness (QED) is 0.400. The second-order valence-corrected chi connectivity index (χ2v) is 4.34. The molecule has 0 fully saturated rings. The predicted molar refractivity (Wildman–Crippen MR) is 50.5 cm³/mol. The van der Waals surface area contributed by atoms with E-state index in [1.54, 1.807) is 0 Å². The van der Waals surface area contributed by atoms with E-state index in [1.165, 1.54) is 0 Å². The average Bonchev–Trinajstić information content (AvgIpc) is 1.99. The molecular weight excluding hydrogens is 226 g/mol. The third-order valence-corrected chi connectivity index (χ3v) is 2.89. The van der Waals surface area contributed by atoms with Crippen LogP contribution in [0.25, 0.3) is 0 Å². The molecule has 0 aliphatic heterocycles. The minimum absolute atomic E-state index is 0.244. The molecule has 0 aromatic carbocycles. The van der Waals surface area contributed by atoms with Crippen molar-refractivity contribution < 1.29 is 27.7 Å². The molecule has 0 saturated carbocycles. The Balaban J connectivity index is 5.29. The molecule has 0 radical (unpaired) electrons. The van der Waals surface area contributed by atoms with E-state index in [2.05, 4.69) is 6.58 Å². The molecule has 0 aromatic rings. The normalized spacial score (nSPS) is 15.3. The Kier molecular flexibility index (Phi) is 4.43. The Morgan fingerprint density at radius 3 is 2.13 bits per heavy atom. The van der Waals surface area contributed by atoms with Crippen LogP contribution >= 0.6 is 0 Å². The van der Waals surface area contributed by atoms with Gasteiger partial charge in [-0.3, -0.25) is 14.1 Å². The van der Waals surface area contributed by atoms with E-state index in [-0.39, 0.29) is 6.42 Å². The van der Waals surface area contributed by atoms with Crippen LogP contribution in [-0.2, 0) is 19.7 Å². The van der Waals surface area contributed by atoms with Crippen molar-refractivity contribution >= 4 is 22.0 Å². The fraction of sp³-hybridized carbons (Fsp3) is 0.429. The van der Waals surface area contributed by atoms with E-state index in [0.29, 0.717) is 0 Å². The van der Waals surface area contributed by atoms with Crippen LogP contribution in [0.5, 0.6) is 0 Å². The summed E-state index contributed by atoms with van der Waals surface area (Å²) in [6.45, 7) is 3.23. The number of carboxylic acid groups (broad SMARTS) is 1. The third-order valence-electron chi connectivity index (χ3n) is 1.72. The number of hydrogen-bond donors (Lipinski definition) is 3. The lowest BCUT2D eigenvalue weighted by Crippen LogP contribution is -2.43. The summed E-state index contributed by atoms with van der Waals surface area (Å²) in [5, 5.41) is 6.32. The lowest BCUT2D eigenvalue weighted by Gasteiger charge is -2.16. The maximum absolute atomic E-state index is 10.8. The van der Waals surface area contributed by atoms with Gasteiger partial charge >= 0.3 is 5.97 Å². The first kappa shape index (κ1) is 13.6. The summed E-state index contributed by atoms with van der Waals surface area (Å²) in [5.41, 5.74) is 4.83. The van der Waals surface area contributed by atoms with Gasteiger partial charge in [0, 0.05) is 0 Å². The van der Waals surface area contributed by atoms with Gasteiger partial charge < -0.3 is 10.8 Å². The number of primary amides is 1. The number of rotatable bonds is 6. The minimum Gasteiger partial charge on any atom is -0.480 e. The van der Waals surface area contributed by atoms with Crippen molar-refractivity contribution in [1.29, 1.82) is 0 Å². The number of hydrogen-bond acceptors (Lipinski definition) is 4. The summed E-state index contributed by atoms with van der Waals surface area (Å²) in [6.07, 6.45) is 0.905. The molecule has 7 nitrogen and oxygen atoms in total. The predicted octanol–water partition coefficient (Wildman–Crippen LogP) is -0.995. The van der Waals surface area contributed by atoms with Crippen LogP contribution in [0.3, 0.4) is 0 Å². The van der Waals surface area contributed by atoms with E-state index in [9.17, 15) is 18.0 Å². The molecule has 15 heavy (non-hydrogen) atoms. The first-order valence-corrected chi connectivity index (χ1v) is 5.31. The van der Waals surface area contributed by atoms with Crippen LogP contribution in [0.1, 0.15) is 6.42 Å². The molecule has 0 rings (SSSR count). The zero-order chi connectivity index (χ0) is 12.2. The van der Waals surface area contributed by atoms with E-state index in [4.69, 9.17) is 15.4 Å². The van der Waals surface area contributed by atoms with Crippen LogP contribution < -0.4 is 5.73 Å². The smallest absolute Gasteiger partial charge is 0.325 e. The topological polar surface area (TPSA) is 135 Å².